The molecule has 1 rings (SSSR count). The van der Waals surface area contributed by atoms with Crippen molar-refractivity contribution in [1.29, 1.82) is 0 Å². The van der Waals surface area contributed by atoms with Crippen molar-refractivity contribution in [3.05, 3.63) is 0 Å². The van der Waals surface area contributed by atoms with Crippen molar-refractivity contribution in [3.63, 3.8) is 0 Å². The van der Waals surface area contributed by atoms with Gasteiger partial charge in [-0.25, -0.2) is 4.79 Å². The molecule has 0 bridgehead atoms. The second-order valence-electron chi connectivity index (χ2n) is 7.55. The van der Waals surface area contributed by atoms with Gasteiger partial charge in [-0.05, 0) is 51.2 Å². The van der Waals surface area contributed by atoms with E-state index in [9.17, 15) is 34.2 Å². The number of nitrogens with one attached hydrogen (secondary N) is 4. The highest BCUT2D eigenvalue weighted by atomic mass is 32.2. The largest absolute Gasteiger partial charge is 0.481 e. The van der Waals surface area contributed by atoms with Gasteiger partial charge in [0.2, 0.25) is 17.7 Å². The van der Waals surface area contributed by atoms with Crippen molar-refractivity contribution < 1.29 is 39.3 Å². The van der Waals surface area contributed by atoms with Crippen LogP contribution in [0.15, 0.2) is 0 Å². The molecular weight excluding hydrogens is 444 g/mol. The number of hydrogen-bond acceptors (Lipinski definition) is 8. The smallest absolute Gasteiger partial charge is 0.326 e. The number of carboxylic acid groups (broad SMARTS) is 2. The van der Waals surface area contributed by atoms with Gasteiger partial charge in [-0.15, -0.1) is 0 Å². The number of hydrogen-bond donors (Lipinski definition) is 7. The van der Waals surface area contributed by atoms with Crippen molar-refractivity contribution in [2.45, 2.75) is 69.3 Å². The fourth-order valence-corrected chi connectivity index (χ4v) is 3.60. The van der Waals surface area contributed by atoms with E-state index in [1.807, 2.05) is 0 Å². The van der Waals surface area contributed by atoms with Gasteiger partial charge in [-0.1, -0.05) is 0 Å². The van der Waals surface area contributed by atoms with Gasteiger partial charge >= 0.3 is 11.9 Å². The van der Waals surface area contributed by atoms with Gasteiger partial charge in [0, 0.05) is 6.42 Å². The Hall–Kier alpha value is -2.38. The van der Waals surface area contributed by atoms with Crippen LogP contribution in [0.25, 0.3) is 0 Å². The topological polar surface area (TPSA) is 194 Å². The molecule has 0 radical (unpaired) electrons. The molecule has 0 aromatic heterocycles. The molecule has 0 spiro atoms. The summed E-state index contributed by atoms with van der Waals surface area (Å²) in [6.45, 7) is 1.95. The summed E-state index contributed by atoms with van der Waals surface area (Å²) >= 11 is 1.40. The molecule has 12 nitrogen and oxygen atoms in total. The number of carbonyl (C=O) groups is 5. The minimum Gasteiger partial charge on any atom is -0.481 e. The second kappa shape index (κ2) is 13.9. The van der Waals surface area contributed by atoms with Crippen LogP contribution in [-0.2, 0) is 24.0 Å². The van der Waals surface area contributed by atoms with E-state index in [4.69, 9.17) is 5.11 Å². The predicted molar refractivity (Wildman–Crippen MR) is 116 cm³/mol. The normalized spacial score (nSPS) is 19.3. The van der Waals surface area contributed by atoms with Crippen LogP contribution in [0, 0.1) is 0 Å². The quantitative estimate of drug-likeness (QED) is 0.151. The molecule has 1 saturated heterocycles. The summed E-state index contributed by atoms with van der Waals surface area (Å²) in [5, 5.41) is 38.3. The number of carboxylic acids is 2. The summed E-state index contributed by atoms with van der Waals surface area (Å²) in [6.07, 6.45) is 1.24. The molecule has 0 aliphatic carbocycles. The minimum atomic E-state index is -1.38. The summed E-state index contributed by atoms with van der Waals surface area (Å²) in [5.41, 5.74) is 0. The van der Waals surface area contributed by atoms with Crippen LogP contribution in [0.3, 0.4) is 0 Å². The lowest BCUT2D eigenvalue weighted by atomic mass is 10.1. The molecule has 0 aromatic rings. The zero-order valence-corrected chi connectivity index (χ0v) is 18.9. The van der Waals surface area contributed by atoms with Crippen LogP contribution < -0.4 is 21.3 Å². The van der Waals surface area contributed by atoms with Crippen molar-refractivity contribution in [1.82, 2.24) is 21.3 Å². The lowest BCUT2D eigenvalue weighted by Crippen LogP contribution is -2.59. The average molecular weight is 477 g/mol. The lowest BCUT2D eigenvalue weighted by Gasteiger charge is -2.26. The van der Waals surface area contributed by atoms with Gasteiger partial charge in [0.15, 0.2) is 0 Å². The number of aliphatic carboxylic acids is 2. The number of amides is 3. The lowest BCUT2D eigenvalue weighted by molar-refractivity contribution is -0.143. The highest BCUT2D eigenvalue weighted by molar-refractivity contribution is 7.98. The second-order valence-corrected chi connectivity index (χ2v) is 8.54. The fourth-order valence-electron chi connectivity index (χ4n) is 3.13. The zero-order chi connectivity index (χ0) is 24.3. The van der Waals surface area contributed by atoms with Gasteiger partial charge in [0.25, 0.3) is 0 Å². The molecule has 0 saturated carbocycles. The standard InChI is InChI=1S/C19H32N4O8S/c1-10(24)15(23-16(27)11-4-3-8-20-11)18(29)21-12(5-6-14(25)26)17(28)22-13(19(30)31)7-9-32-2/h10-13,15,20,24H,3-9H2,1-2H3,(H,21,29)(H,22,28)(H,23,27)(H,25,26)(H,30,31). The summed E-state index contributed by atoms with van der Waals surface area (Å²) < 4.78 is 0. The van der Waals surface area contributed by atoms with Crippen LogP contribution in [0.2, 0.25) is 0 Å². The molecule has 13 heteroatoms. The Morgan fingerprint density at radius 1 is 1.03 bits per heavy atom. The molecule has 3 amide bonds. The highest BCUT2D eigenvalue weighted by Crippen LogP contribution is 2.08. The van der Waals surface area contributed by atoms with Gasteiger partial charge in [-0.3, -0.25) is 19.2 Å². The Morgan fingerprint density at radius 2 is 1.69 bits per heavy atom. The molecule has 5 atom stereocenters. The van der Waals surface area contributed by atoms with Crippen molar-refractivity contribution in [2.24, 2.45) is 0 Å². The molecule has 1 aliphatic heterocycles. The van der Waals surface area contributed by atoms with E-state index in [2.05, 4.69) is 21.3 Å². The average Bonchev–Trinajstić information content (AvgIpc) is 3.26. The Balaban J connectivity index is 2.89. The molecule has 5 unspecified atom stereocenters. The van der Waals surface area contributed by atoms with Crippen LogP contribution in [0.5, 0.6) is 0 Å². The molecule has 7 N–H and O–H groups in total. The first-order valence-electron chi connectivity index (χ1n) is 10.3. The number of carbonyl (C=O) groups excluding carboxylic acids is 3. The first kappa shape index (κ1) is 27.7. The minimum absolute atomic E-state index is 0.141. The van der Waals surface area contributed by atoms with Gasteiger partial charge in [0.1, 0.15) is 18.1 Å². The maximum absolute atomic E-state index is 12.7. The van der Waals surface area contributed by atoms with E-state index in [1.165, 1.54) is 18.7 Å². The van der Waals surface area contributed by atoms with Crippen LogP contribution in [0.4, 0.5) is 0 Å². The van der Waals surface area contributed by atoms with Crippen LogP contribution in [0.1, 0.15) is 39.0 Å². The number of aliphatic hydroxyl groups excluding tert-OH is 1. The first-order valence-corrected chi connectivity index (χ1v) is 11.7. The van der Waals surface area contributed by atoms with E-state index >= 15 is 0 Å². The third-order valence-corrected chi connectivity index (χ3v) is 5.59. The SMILES string of the molecule is CSCCC(NC(=O)C(CCC(=O)O)NC(=O)C(NC(=O)C1CCCN1)C(C)O)C(=O)O. The Kier molecular flexibility index (Phi) is 12.0. The zero-order valence-electron chi connectivity index (χ0n) is 18.1. The van der Waals surface area contributed by atoms with E-state index in [-0.39, 0.29) is 12.8 Å². The third kappa shape index (κ3) is 9.40. The van der Waals surface area contributed by atoms with E-state index < -0.39 is 66.4 Å². The molecule has 0 aromatic carbocycles. The molecular formula is C19H32N4O8S. The molecule has 1 aliphatic rings. The van der Waals surface area contributed by atoms with Crippen molar-refractivity contribution >= 4 is 41.4 Å². The predicted octanol–water partition coefficient (Wildman–Crippen LogP) is -1.72. The van der Waals surface area contributed by atoms with Crippen LogP contribution >= 0.6 is 11.8 Å². The fraction of sp³-hybridized carbons (Fsp3) is 0.737. The molecule has 1 fully saturated rings. The number of rotatable bonds is 14. The highest BCUT2D eigenvalue weighted by Gasteiger charge is 2.33. The van der Waals surface area contributed by atoms with Gasteiger partial charge < -0.3 is 36.6 Å². The van der Waals surface area contributed by atoms with Crippen molar-refractivity contribution in [3.8, 4) is 0 Å². The Morgan fingerprint density at radius 3 is 2.19 bits per heavy atom. The van der Waals surface area contributed by atoms with E-state index in [0.29, 0.717) is 18.7 Å². The van der Waals surface area contributed by atoms with Crippen molar-refractivity contribution in [2.75, 3.05) is 18.6 Å². The first-order chi connectivity index (χ1) is 15.1. The van der Waals surface area contributed by atoms with E-state index in [0.717, 1.165) is 6.42 Å². The molecule has 182 valence electrons. The molecule has 32 heavy (non-hydrogen) atoms. The summed E-state index contributed by atoms with van der Waals surface area (Å²) in [5.74, 6) is -4.21. The van der Waals surface area contributed by atoms with Gasteiger partial charge in [-0.2, -0.15) is 11.8 Å². The Labute approximate surface area is 190 Å². The summed E-state index contributed by atoms with van der Waals surface area (Å²) in [4.78, 5) is 60.1. The monoisotopic (exact) mass is 476 g/mol. The Bertz CT molecular complexity index is 684. The number of thioether (sulfide) groups is 1. The maximum Gasteiger partial charge on any atom is 0.326 e. The number of aliphatic hydroxyl groups is 1. The van der Waals surface area contributed by atoms with E-state index in [1.54, 1.807) is 6.26 Å². The summed E-state index contributed by atoms with van der Waals surface area (Å²) in [6, 6.07) is -4.45. The summed E-state index contributed by atoms with van der Waals surface area (Å²) in [7, 11) is 0. The maximum atomic E-state index is 12.7. The van der Waals surface area contributed by atoms with Gasteiger partial charge in [0.05, 0.1) is 12.1 Å². The molecule has 1 heterocycles. The van der Waals surface area contributed by atoms with Crippen LogP contribution in [-0.4, -0.2) is 93.8 Å². The third-order valence-electron chi connectivity index (χ3n) is 4.94.